The van der Waals surface area contributed by atoms with E-state index in [4.69, 9.17) is 11.5 Å². The Morgan fingerprint density at radius 2 is 1.57 bits per heavy atom. The van der Waals surface area contributed by atoms with Crippen LogP contribution in [0.2, 0.25) is 0 Å². The van der Waals surface area contributed by atoms with E-state index in [-0.39, 0.29) is 0 Å². The number of hydrogen-bond acceptors (Lipinski definition) is 2. The topological polar surface area (TPSA) is 52.0 Å². The predicted molar refractivity (Wildman–Crippen MR) is 34.8 cm³/mol. The highest BCUT2D eigenvalue weighted by Crippen LogP contribution is 2.25. The van der Waals surface area contributed by atoms with Gasteiger partial charge in [-0.3, -0.25) is 0 Å². The van der Waals surface area contributed by atoms with Crippen LogP contribution in [0, 0.1) is 0 Å². The number of nitrogen functional groups attached to an aromatic ring is 2. The molecule has 1 rings (SSSR count). The zero-order chi connectivity index (χ0) is 5.28. The Bertz CT molecular complexity index is 142. The van der Waals surface area contributed by atoms with Crippen LogP contribution in [0.4, 0.5) is 10.8 Å². The standard InChI is InChI=1S/C4H7N2P/c5-3-1-2-4(6)7-3/h1-2,7H,5-6H2. The third kappa shape index (κ3) is 0.875. The third-order valence-corrected chi connectivity index (χ3v) is 1.64. The van der Waals surface area contributed by atoms with Crippen LogP contribution in [-0.2, 0) is 0 Å². The van der Waals surface area contributed by atoms with Gasteiger partial charge in [0.1, 0.15) is 0 Å². The minimum atomic E-state index is 0.534. The summed E-state index contributed by atoms with van der Waals surface area (Å²) in [5, 5.41) is 0. The zero-order valence-electron chi connectivity index (χ0n) is 3.81. The Labute approximate surface area is 43.6 Å². The molecular formula is C4H7N2P. The van der Waals surface area contributed by atoms with Crippen molar-refractivity contribution in [2.75, 3.05) is 11.5 Å². The second-order valence-corrected chi connectivity index (χ2v) is 2.77. The third-order valence-electron chi connectivity index (χ3n) is 0.731. The van der Waals surface area contributed by atoms with Crippen LogP contribution in [0.25, 0.3) is 0 Å². The lowest BCUT2D eigenvalue weighted by Gasteiger charge is -1.75. The van der Waals surface area contributed by atoms with Crippen molar-refractivity contribution >= 4 is 19.0 Å². The molecule has 2 nitrogen and oxygen atoms in total. The first-order valence-electron chi connectivity index (χ1n) is 1.99. The smallest absolute Gasteiger partial charge is 0.0499 e. The summed E-state index contributed by atoms with van der Waals surface area (Å²) in [7, 11) is 0.534. The van der Waals surface area contributed by atoms with Crippen molar-refractivity contribution < 1.29 is 0 Å². The highest BCUT2D eigenvalue weighted by molar-refractivity contribution is 7.38. The number of anilines is 2. The average Bonchev–Trinajstić information content (AvgIpc) is 1.87. The fraction of sp³-hybridized carbons (Fsp3) is 0. The molecule has 7 heavy (non-hydrogen) atoms. The van der Waals surface area contributed by atoms with Gasteiger partial charge < -0.3 is 11.5 Å². The quantitative estimate of drug-likeness (QED) is 0.526. The first kappa shape index (κ1) is 4.54. The Morgan fingerprint density at radius 1 is 1.14 bits per heavy atom. The molecule has 0 spiro atoms. The molecule has 38 valence electrons. The number of hydrogen-bond donors (Lipinski definition) is 2. The predicted octanol–water partition coefficient (Wildman–Crippen LogP) is 0.882. The molecule has 1 aromatic rings. The summed E-state index contributed by atoms with van der Waals surface area (Å²) in [5.41, 5.74) is 12.5. The van der Waals surface area contributed by atoms with E-state index < -0.39 is 0 Å². The molecule has 0 aromatic carbocycles. The van der Waals surface area contributed by atoms with E-state index >= 15 is 0 Å². The average molecular weight is 114 g/mol. The summed E-state index contributed by atoms with van der Waals surface area (Å²) < 4.78 is 0. The van der Waals surface area contributed by atoms with E-state index in [0.717, 1.165) is 10.8 Å². The van der Waals surface area contributed by atoms with Crippen LogP contribution in [0.5, 0.6) is 0 Å². The van der Waals surface area contributed by atoms with E-state index in [1.54, 1.807) is 0 Å². The van der Waals surface area contributed by atoms with Gasteiger partial charge in [0, 0.05) is 10.8 Å². The second-order valence-electron chi connectivity index (χ2n) is 1.37. The van der Waals surface area contributed by atoms with Crippen molar-refractivity contribution in [3.63, 3.8) is 0 Å². The maximum absolute atomic E-state index is 5.37. The van der Waals surface area contributed by atoms with Gasteiger partial charge in [-0.1, -0.05) is 8.19 Å². The van der Waals surface area contributed by atoms with Crippen LogP contribution >= 0.6 is 8.19 Å². The van der Waals surface area contributed by atoms with Gasteiger partial charge in [0.2, 0.25) is 0 Å². The van der Waals surface area contributed by atoms with Crippen LogP contribution < -0.4 is 11.5 Å². The monoisotopic (exact) mass is 114 g/mol. The molecule has 0 aliphatic carbocycles. The first-order valence-corrected chi connectivity index (χ1v) is 2.99. The van der Waals surface area contributed by atoms with Crippen LogP contribution in [0.15, 0.2) is 12.1 Å². The summed E-state index contributed by atoms with van der Waals surface area (Å²) in [6, 6.07) is 3.68. The van der Waals surface area contributed by atoms with Crippen LogP contribution in [-0.4, -0.2) is 0 Å². The second kappa shape index (κ2) is 1.47. The fourth-order valence-electron chi connectivity index (χ4n) is 0.430. The Kier molecular flexibility index (Phi) is 0.953. The molecule has 4 N–H and O–H groups in total. The van der Waals surface area contributed by atoms with E-state index in [9.17, 15) is 0 Å². The highest BCUT2D eigenvalue weighted by Gasteiger charge is 1.83. The maximum Gasteiger partial charge on any atom is 0.0499 e. The molecule has 0 aliphatic rings. The van der Waals surface area contributed by atoms with Gasteiger partial charge in [-0.15, -0.1) is 0 Å². The molecule has 0 saturated heterocycles. The molecule has 3 heteroatoms. The molecule has 0 fully saturated rings. The van der Waals surface area contributed by atoms with Gasteiger partial charge in [0.15, 0.2) is 0 Å². The Morgan fingerprint density at radius 3 is 1.71 bits per heavy atom. The molecule has 1 heterocycles. The van der Waals surface area contributed by atoms with E-state index in [2.05, 4.69) is 0 Å². The lowest BCUT2D eigenvalue weighted by Crippen LogP contribution is -1.73. The maximum atomic E-state index is 5.37. The van der Waals surface area contributed by atoms with Gasteiger partial charge in [-0.2, -0.15) is 0 Å². The SMILES string of the molecule is Nc1ccc(N)[pH]1. The molecule has 0 saturated carbocycles. The summed E-state index contributed by atoms with van der Waals surface area (Å²) in [5.74, 6) is 0. The van der Waals surface area contributed by atoms with Crippen molar-refractivity contribution in [3.8, 4) is 0 Å². The van der Waals surface area contributed by atoms with Gasteiger partial charge >= 0.3 is 0 Å². The largest absolute Gasteiger partial charge is 0.396 e. The summed E-state index contributed by atoms with van der Waals surface area (Å²) in [4.78, 5) is 0. The molecular weight excluding hydrogens is 107 g/mol. The molecule has 0 amide bonds. The lowest BCUT2D eigenvalue weighted by molar-refractivity contribution is 1.91. The molecule has 0 unspecified atom stereocenters. The minimum Gasteiger partial charge on any atom is -0.396 e. The van der Waals surface area contributed by atoms with Gasteiger partial charge in [0.25, 0.3) is 0 Å². The van der Waals surface area contributed by atoms with Gasteiger partial charge in [0.05, 0.1) is 0 Å². The molecule has 0 aliphatic heterocycles. The van der Waals surface area contributed by atoms with Crippen LogP contribution in [0.1, 0.15) is 0 Å². The number of nitrogens with two attached hydrogens (primary N) is 2. The Hall–Kier alpha value is -0.620. The minimum absolute atomic E-state index is 0.534. The van der Waals surface area contributed by atoms with Crippen molar-refractivity contribution in [1.29, 1.82) is 0 Å². The highest BCUT2D eigenvalue weighted by atomic mass is 31.0. The van der Waals surface area contributed by atoms with Crippen LogP contribution in [0.3, 0.4) is 0 Å². The molecule has 0 bridgehead atoms. The van der Waals surface area contributed by atoms with E-state index in [0.29, 0.717) is 8.19 Å². The van der Waals surface area contributed by atoms with E-state index in [1.807, 2.05) is 12.1 Å². The van der Waals surface area contributed by atoms with Gasteiger partial charge in [-0.05, 0) is 12.1 Å². The zero-order valence-corrected chi connectivity index (χ0v) is 4.81. The van der Waals surface area contributed by atoms with E-state index in [1.165, 1.54) is 0 Å². The van der Waals surface area contributed by atoms with Crippen molar-refractivity contribution in [3.05, 3.63) is 12.1 Å². The van der Waals surface area contributed by atoms with Crippen molar-refractivity contribution in [2.45, 2.75) is 0 Å². The Balaban J connectivity index is 3.04. The van der Waals surface area contributed by atoms with Gasteiger partial charge in [-0.25, -0.2) is 0 Å². The summed E-state index contributed by atoms with van der Waals surface area (Å²) in [6.07, 6.45) is 0. The normalized spacial score (nSPS) is 9.14. The fourth-order valence-corrected chi connectivity index (χ4v) is 1.10. The number of rotatable bonds is 0. The molecule has 0 radical (unpaired) electrons. The van der Waals surface area contributed by atoms with Crippen molar-refractivity contribution in [2.24, 2.45) is 0 Å². The first-order chi connectivity index (χ1) is 3.29. The summed E-state index contributed by atoms with van der Waals surface area (Å²) >= 11 is 0. The van der Waals surface area contributed by atoms with Crippen molar-refractivity contribution in [1.82, 2.24) is 0 Å². The summed E-state index contributed by atoms with van der Waals surface area (Å²) in [6.45, 7) is 0. The molecule has 0 atom stereocenters. The molecule has 1 aromatic heterocycles. The lowest BCUT2D eigenvalue weighted by atomic mass is 10.6.